The van der Waals surface area contributed by atoms with Gasteiger partial charge in [-0.1, -0.05) is 29.8 Å². The van der Waals surface area contributed by atoms with Gasteiger partial charge in [-0.2, -0.15) is 0 Å². The molecule has 0 radical (unpaired) electrons. The van der Waals surface area contributed by atoms with Crippen LogP contribution in [0.4, 0.5) is 0 Å². The van der Waals surface area contributed by atoms with E-state index in [1.165, 1.54) is 5.56 Å². The fraction of sp³-hybridized carbons (Fsp3) is 0.174. The van der Waals surface area contributed by atoms with Crippen molar-refractivity contribution >= 4 is 23.2 Å². The Morgan fingerprint density at radius 1 is 1.00 bits per heavy atom. The van der Waals surface area contributed by atoms with Crippen molar-refractivity contribution in [3.05, 3.63) is 84.1 Å². The van der Waals surface area contributed by atoms with Crippen molar-refractivity contribution in [2.75, 3.05) is 6.61 Å². The number of fused-ring (bicyclic) bond motifs is 1. The number of para-hydroxylation sites is 2. The molecule has 4 nitrogen and oxygen atoms in total. The molecule has 2 aromatic carbocycles. The Hall–Kier alpha value is -3.27. The fourth-order valence-electron chi connectivity index (χ4n) is 3.05. The first-order valence-electron chi connectivity index (χ1n) is 9.16. The third-order valence-electron chi connectivity index (χ3n) is 4.44. The maximum atomic E-state index is 5.86. The van der Waals surface area contributed by atoms with Gasteiger partial charge in [0.1, 0.15) is 17.3 Å². The molecule has 0 N–H and O–H groups in total. The predicted molar refractivity (Wildman–Crippen MR) is 109 cm³/mol. The Kier molecular flexibility index (Phi) is 5.06. The molecule has 0 unspecified atom stereocenters. The van der Waals surface area contributed by atoms with Gasteiger partial charge >= 0.3 is 0 Å². The minimum absolute atomic E-state index is 0.664. The van der Waals surface area contributed by atoms with Gasteiger partial charge in [-0.3, -0.25) is 0 Å². The third kappa shape index (κ3) is 4.11. The second kappa shape index (κ2) is 7.96. The molecule has 0 saturated carbocycles. The summed E-state index contributed by atoms with van der Waals surface area (Å²) in [6.45, 7) is 3.58. The van der Waals surface area contributed by atoms with Crippen molar-refractivity contribution in [1.29, 1.82) is 0 Å². The average Bonchev–Trinajstić information content (AvgIpc) is 3.33. The lowest BCUT2D eigenvalue weighted by atomic mass is 10.2. The van der Waals surface area contributed by atoms with Crippen LogP contribution in [-0.2, 0) is 6.54 Å². The number of imidazole rings is 1. The van der Waals surface area contributed by atoms with Crippen molar-refractivity contribution in [3.8, 4) is 5.75 Å². The zero-order valence-electron chi connectivity index (χ0n) is 15.3. The lowest BCUT2D eigenvalue weighted by Crippen LogP contribution is -2.06. The monoisotopic (exact) mass is 358 g/mol. The molecule has 4 rings (SSSR count). The first kappa shape index (κ1) is 17.2. The Balaban J connectivity index is 1.47. The average molecular weight is 358 g/mol. The highest BCUT2D eigenvalue weighted by atomic mass is 16.5. The van der Waals surface area contributed by atoms with Crippen molar-refractivity contribution in [2.45, 2.75) is 19.9 Å². The van der Waals surface area contributed by atoms with Crippen LogP contribution in [0.2, 0.25) is 0 Å². The van der Waals surface area contributed by atoms with Gasteiger partial charge in [-0.15, -0.1) is 0 Å². The quantitative estimate of drug-likeness (QED) is 0.405. The van der Waals surface area contributed by atoms with Crippen LogP contribution >= 0.6 is 0 Å². The molecule has 4 aromatic rings. The molecule has 4 heteroatoms. The second-order valence-electron chi connectivity index (χ2n) is 6.47. The van der Waals surface area contributed by atoms with E-state index in [4.69, 9.17) is 14.1 Å². The van der Waals surface area contributed by atoms with Gasteiger partial charge in [-0.05, 0) is 61.9 Å². The first-order valence-corrected chi connectivity index (χ1v) is 9.16. The molecule has 0 amide bonds. The number of aromatic nitrogens is 2. The van der Waals surface area contributed by atoms with E-state index in [2.05, 4.69) is 29.7 Å². The lowest BCUT2D eigenvalue weighted by Gasteiger charge is -2.09. The number of hydrogen-bond donors (Lipinski definition) is 0. The summed E-state index contributed by atoms with van der Waals surface area (Å²) in [7, 11) is 0. The van der Waals surface area contributed by atoms with Gasteiger partial charge in [0, 0.05) is 6.54 Å². The van der Waals surface area contributed by atoms with E-state index in [1.54, 1.807) is 6.26 Å². The first-order chi connectivity index (χ1) is 13.3. The lowest BCUT2D eigenvalue weighted by molar-refractivity contribution is 0.302. The molecule has 0 saturated heterocycles. The van der Waals surface area contributed by atoms with Crippen molar-refractivity contribution < 1.29 is 9.15 Å². The molecule has 2 heterocycles. The number of benzene rings is 2. The number of nitrogens with zero attached hydrogens (tertiary/aromatic N) is 2. The van der Waals surface area contributed by atoms with Gasteiger partial charge in [0.05, 0.1) is 23.9 Å². The van der Waals surface area contributed by atoms with E-state index >= 15 is 0 Å². The molecule has 0 aliphatic heterocycles. The van der Waals surface area contributed by atoms with Gasteiger partial charge in [0.25, 0.3) is 0 Å². The van der Waals surface area contributed by atoms with Crippen LogP contribution in [0.3, 0.4) is 0 Å². The van der Waals surface area contributed by atoms with E-state index in [0.29, 0.717) is 6.61 Å². The zero-order chi connectivity index (χ0) is 18.5. The highest BCUT2D eigenvalue weighted by Gasteiger charge is 2.08. The van der Waals surface area contributed by atoms with E-state index in [1.807, 2.05) is 54.6 Å². The number of ether oxygens (including phenoxy) is 1. The van der Waals surface area contributed by atoms with Crippen LogP contribution in [0.15, 0.2) is 71.3 Å². The smallest absolute Gasteiger partial charge is 0.133 e. The normalized spacial score (nSPS) is 11.4. The highest BCUT2D eigenvalue weighted by Crippen LogP contribution is 2.19. The summed E-state index contributed by atoms with van der Waals surface area (Å²) in [5.74, 6) is 2.65. The molecule has 0 spiro atoms. The standard InChI is InChI=1S/C23H22N2O2/c1-18-9-11-20(12-10-18)27-17-5-15-25-22-8-3-2-7-21(22)24-23(25)14-13-19-6-4-16-26-19/h2-4,6-14,16H,5,15,17H2,1H3/b14-13+. The summed E-state index contributed by atoms with van der Waals surface area (Å²) in [6.07, 6.45) is 6.51. The van der Waals surface area contributed by atoms with Gasteiger partial charge in [0.2, 0.25) is 0 Å². The topological polar surface area (TPSA) is 40.2 Å². The zero-order valence-corrected chi connectivity index (χ0v) is 15.3. The molecule has 136 valence electrons. The largest absolute Gasteiger partial charge is 0.494 e. The van der Waals surface area contributed by atoms with Crippen molar-refractivity contribution in [3.63, 3.8) is 0 Å². The number of furan rings is 1. The third-order valence-corrected chi connectivity index (χ3v) is 4.44. The molecule has 0 aliphatic rings. The molecule has 2 aromatic heterocycles. The Labute approximate surface area is 158 Å². The van der Waals surface area contributed by atoms with Crippen LogP contribution in [0, 0.1) is 6.92 Å². The van der Waals surface area contributed by atoms with Crippen LogP contribution in [0.5, 0.6) is 5.75 Å². The fourth-order valence-corrected chi connectivity index (χ4v) is 3.05. The highest BCUT2D eigenvalue weighted by molar-refractivity contribution is 5.79. The number of aryl methyl sites for hydroxylation is 2. The van der Waals surface area contributed by atoms with E-state index < -0.39 is 0 Å². The molecule has 0 bridgehead atoms. The van der Waals surface area contributed by atoms with Gasteiger partial charge in [0.15, 0.2) is 0 Å². The summed E-state index contributed by atoms with van der Waals surface area (Å²) in [4.78, 5) is 4.75. The summed E-state index contributed by atoms with van der Waals surface area (Å²) >= 11 is 0. The maximum Gasteiger partial charge on any atom is 0.133 e. The number of hydrogen-bond acceptors (Lipinski definition) is 3. The summed E-state index contributed by atoms with van der Waals surface area (Å²) in [6, 6.07) is 20.2. The summed E-state index contributed by atoms with van der Waals surface area (Å²) < 4.78 is 13.5. The van der Waals surface area contributed by atoms with Crippen LogP contribution in [0.1, 0.15) is 23.6 Å². The minimum Gasteiger partial charge on any atom is -0.494 e. The molecule has 0 aliphatic carbocycles. The van der Waals surface area contributed by atoms with E-state index in [-0.39, 0.29) is 0 Å². The van der Waals surface area contributed by atoms with Crippen LogP contribution in [0.25, 0.3) is 23.2 Å². The molecular weight excluding hydrogens is 336 g/mol. The minimum atomic E-state index is 0.664. The molecule has 0 atom stereocenters. The summed E-state index contributed by atoms with van der Waals surface area (Å²) in [5, 5.41) is 0. The van der Waals surface area contributed by atoms with Crippen LogP contribution in [-0.4, -0.2) is 16.2 Å². The predicted octanol–water partition coefficient (Wildman–Crippen LogP) is 5.58. The Morgan fingerprint density at radius 3 is 2.67 bits per heavy atom. The summed E-state index contributed by atoms with van der Waals surface area (Å²) in [5.41, 5.74) is 3.36. The van der Waals surface area contributed by atoms with Gasteiger partial charge in [-0.25, -0.2) is 4.98 Å². The Bertz CT molecular complexity index is 1030. The second-order valence-corrected chi connectivity index (χ2v) is 6.47. The van der Waals surface area contributed by atoms with E-state index in [0.717, 1.165) is 41.3 Å². The van der Waals surface area contributed by atoms with Gasteiger partial charge < -0.3 is 13.7 Å². The SMILES string of the molecule is Cc1ccc(OCCCn2c(/C=C/c3ccco3)nc3ccccc32)cc1. The maximum absolute atomic E-state index is 5.86. The molecule has 27 heavy (non-hydrogen) atoms. The Morgan fingerprint density at radius 2 is 1.85 bits per heavy atom. The molecular formula is C23H22N2O2. The van der Waals surface area contributed by atoms with E-state index in [9.17, 15) is 0 Å². The van der Waals surface area contributed by atoms with Crippen molar-refractivity contribution in [2.24, 2.45) is 0 Å². The van der Waals surface area contributed by atoms with Crippen molar-refractivity contribution in [1.82, 2.24) is 9.55 Å². The number of rotatable bonds is 7. The van der Waals surface area contributed by atoms with Crippen LogP contribution < -0.4 is 4.74 Å². The molecule has 0 fully saturated rings.